The first-order valence-corrected chi connectivity index (χ1v) is 10.3. The largest absolute Gasteiger partial charge is 0.489 e. The van der Waals surface area contributed by atoms with Crippen molar-refractivity contribution in [3.05, 3.63) is 42.5 Å². The smallest absolute Gasteiger partial charge is 0.191 e. The van der Waals surface area contributed by atoms with Crippen molar-refractivity contribution >= 4 is 5.96 Å². The average molecular weight is 389 g/mol. The van der Waals surface area contributed by atoms with E-state index in [9.17, 15) is 0 Å². The maximum Gasteiger partial charge on any atom is 0.191 e. The number of para-hydroxylation sites is 1. The summed E-state index contributed by atoms with van der Waals surface area (Å²) in [5, 5.41) is 6.76. The van der Waals surface area contributed by atoms with Crippen molar-refractivity contribution in [3.8, 4) is 5.75 Å². The molecule has 0 bridgehead atoms. The molecule has 1 saturated heterocycles. The fourth-order valence-electron chi connectivity index (χ4n) is 3.41. The molecule has 2 unspecified atom stereocenters. The van der Waals surface area contributed by atoms with Gasteiger partial charge in [0.2, 0.25) is 0 Å². The van der Waals surface area contributed by atoms with Gasteiger partial charge >= 0.3 is 0 Å². The highest BCUT2D eigenvalue weighted by molar-refractivity contribution is 5.79. The Kier molecular flexibility index (Phi) is 9.86. The Morgan fingerprint density at radius 1 is 1.29 bits per heavy atom. The molecule has 2 atom stereocenters. The highest BCUT2D eigenvalue weighted by Gasteiger charge is 2.21. The molecule has 1 aromatic rings. The molecule has 0 aliphatic carbocycles. The molecule has 2 N–H and O–H groups in total. The topological polar surface area (TPSA) is 58.1 Å². The van der Waals surface area contributed by atoms with E-state index in [4.69, 9.17) is 14.5 Å². The van der Waals surface area contributed by atoms with Gasteiger partial charge in [0.15, 0.2) is 5.96 Å². The van der Waals surface area contributed by atoms with Gasteiger partial charge in [0, 0.05) is 38.3 Å². The van der Waals surface area contributed by atoms with E-state index in [1.807, 2.05) is 24.3 Å². The van der Waals surface area contributed by atoms with Gasteiger partial charge in [-0.25, -0.2) is 4.99 Å². The number of ether oxygens (including phenoxy) is 2. The molecule has 1 aliphatic rings. The SMILES string of the molecule is C=CCOc1ccccc1CN=C(NCC)NCCCN1CC(C)OC(C)C1. The summed E-state index contributed by atoms with van der Waals surface area (Å²) in [7, 11) is 0. The summed E-state index contributed by atoms with van der Waals surface area (Å²) in [6, 6.07) is 8.00. The van der Waals surface area contributed by atoms with Crippen molar-refractivity contribution < 1.29 is 9.47 Å². The van der Waals surface area contributed by atoms with Gasteiger partial charge in [-0.1, -0.05) is 30.9 Å². The number of morpholine rings is 1. The summed E-state index contributed by atoms with van der Waals surface area (Å²) >= 11 is 0. The van der Waals surface area contributed by atoms with Crippen molar-refractivity contribution in [1.82, 2.24) is 15.5 Å². The molecule has 0 saturated carbocycles. The van der Waals surface area contributed by atoms with Crippen LogP contribution >= 0.6 is 0 Å². The van der Waals surface area contributed by atoms with E-state index in [0.717, 1.165) is 56.4 Å². The summed E-state index contributed by atoms with van der Waals surface area (Å²) in [6.07, 6.45) is 3.46. The van der Waals surface area contributed by atoms with E-state index in [-0.39, 0.29) is 0 Å². The molecule has 6 heteroatoms. The van der Waals surface area contributed by atoms with Crippen molar-refractivity contribution in [2.24, 2.45) is 4.99 Å². The molecule has 0 aromatic heterocycles. The van der Waals surface area contributed by atoms with E-state index < -0.39 is 0 Å². The van der Waals surface area contributed by atoms with Gasteiger partial charge in [-0.05, 0) is 33.3 Å². The van der Waals surface area contributed by atoms with Crippen LogP contribution in [0.3, 0.4) is 0 Å². The zero-order valence-electron chi connectivity index (χ0n) is 17.6. The van der Waals surface area contributed by atoms with Crippen LogP contribution in [0.4, 0.5) is 0 Å². The van der Waals surface area contributed by atoms with Crippen molar-refractivity contribution in [2.45, 2.75) is 45.9 Å². The lowest BCUT2D eigenvalue weighted by molar-refractivity contribution is -0.0679. The fourth-order valence-corrected chi connectivity index (χ4v) is 3.41. The van der Waals surface area contributed by atoms with E-state index in [1.54, 1.807) is 6.08 Å². The molecule has 6 nitrogen and oxygen atoms in total. The third kappa shape index (κ3) is 7.90. The van der Waals surface area contributed by atoms with E-state index in [1.165, 1.54) is 0 Å². The molecule has 1 aliphatic heterocycles. The summed E-state index contributed by atoms with van der Waals surface area (Å²) in [5.74, 6) is 1.70. The molecule has 28 heavy (non-hydrogen) atoms. The average Bonchev–Trinajstić information content (AvgIpc) is 2.67. The lowest BCUT2D eigenvalue weighted by Crippen LogP contribution is -2.46. The molecule has 1 aromatic carbocycles. The van der Waals surface area contributed by atoms with Crippen molar-refractivity contribution in [3.63, 3.8) is 0 Å². The number of hydrogen-bond donors (Lipinski definition) is 2. The number of nitrogens with zero attached hydrogens (tertiary/aromatic N) is 2. The predicted molar refractivity (Wildman–Crippen MR) is 116 cm³/mol. The normalized spacial score (nSPS) is 20.6. The highest BCUT2D eigenvalue weighted by Crippen LogP contribution is 2.18. The Bertz CT molecular complexity index is 610. The van der Waals surface area contributed by atoms with Crippen LogP contribution in [0.25, 0.3) is 0 Å². The number of rotatable bonds is 10. The Morgan fingerprint density at radius 3 is 2.75 bits per heavy atom. The Morgan fingerprint density at radius 2 is 2.04 bits per heavy atom. The second-order valence-electron chi connectivity index (χ2n) is 7.20. The monoisotopic (exact) mass is 388 g/mol. The van der Waals surface area contributed by atoms with E-state index in [2.05, 4.69) is 42.9 Å². The lowest BCUT2D eigenvalue weighted by atomic mass is 10.2. The van der Waals surface area contributed by atoms with E-state index >= 15 is 0 Å². The molecule has 156 valence electrons. The molecular weight excluding hydrogens is 352 g/mol. The standard InChI is InChI=1S/C22H36N4O2/c1-5-14-27-21-11-8-7-10-20(21)15-25-22(23-6-2)24-12-9-13-26-16-18(3)28-19(4)17-26/h5,7-8,10-11,18-19H,1,6,9,12-17H2,2-4H3,(H2,23,24,25). The minimum atomic E-state index is 0.318. The third-order valence-electron chi connectivity index (χ3n) is 4.52. The molecule has 0 amide bonds. The fraction of sp³-hybridized carbons (Fsp3) is 0.591. The number of benzene rings is 1. The van der Waals surface area contributed by atoms with Crippen molar-refractivity contribution in [1.29, 1.82) is 0 Å². The zero-order chi connectivity index (χ0) is 20.2. The number of guanidine groups is 1. The third-order valence-corrected chi connectivity index (χ3v) is 4.52. The summed E-state index contributed by atoms with van der Waals surface area (Å²) in [5.41, 5.74) is 1.07. The van der Waals surface area contributed by atoms with Gasteiger partial charge in [-0.3, -0.25) is 4.90 Å². The highest BCUT2D eigenvalue weighted by atomic mass is 16.5. The van der Waals surface area contributed by atoms with Crippen molar-refractivity contribution in [2.75, 3.05) is 39.3 Å². The van der Waals surface area contributed by atoms with Gasteiger partial charge in [0.1, 0.15) is 12.4 Å². The number of hydrogen-bond acceptors (Lipinski definition) is 4. The number of aliphatic imine (C=N–C) groups is 1. The van der Waals surface area contributed by atoms with Crippen LogP contribution in [0, 0.1) is 0 Å². The summed E-state index contributed by atoms with van der Waals surface area (Å²) in [4.78, 5) is 7.20. The quantitative estimate of drug-likeness (QED) is 0.279. The first-order chi connectivity index (χ1) is 13.6. The van der Waals surface area contributed by atoms with Gasteiger partial charge in [-0.2, -0.15) is 0 Å². The van der Waals surface area contributed by atoms with Crippen LogP contribution in [-0.4, -0.2) is 62.4 Å². The second-order valence-corrected chi connectivity index (χ2v) is 7.20. The van der Waals surface area contributed by atoms with Gasteiger partial charge in [-0.15, -0.1) is 0 Å². The maximum absolute atomic E-state index is 5.80. The predicted octanol–water partition coefficient (Wildman–Crippen LogP) is 2.81. The summed E-state index contributed by atoms with van der Waals surface area (Å²) in [6.45, 7) is 16.0. The van der Waals surface area contributed by atoms with Crippen LogP contribution in [0.2, 0.25) is 0 Å². The maximum atomic E-state index is 5.80. The zero-order valence-corrected chi connectivity index (χ0v) is 17.6. The number of nitrogens with one attached hydrogen (secondary N) is 2. The molecule has 0 spiro atoms. The second kappa shape index (κ2) is 12.4. The van der Waals surface area contributed by atoms with Gasteiger partial charge < -0.3 is 20.1 Å². The Labute approximate surface area is 170 Å². The molecule has 1 heterocycles. The molecule has 1 fully saturated rings. The minimum absolute atomic E-state index is 0.318. The molecule has 0 radical (unpaired) electrons. The summed E-state index contributed by atoms with van der Waals surface area (Å²) < 4.78 is 11.5. The van der Waals surface area contributed by atoms with Crippen LogP contribution < -0.4 is 15.4 Å². The minimum Gasteiger partial charge on any atom is -0.489 e. The van der Waals surface area contributed by atoms with Crippen LogP contribution in [-0.2, 0) is 11.3 Å². The Hall–Kier alpha value is -2.05. The van der Waals surface area contributed by atoms with E-state index in [0.29, 0.717) is 25.4 Å². The van der Waals surface area contributed by atoms with Crippen LogP contribution in [0.15, 0.2) is 41.9 Å². The molecule has 2 rings (SSSR count). The first-order valence-electron chi connectivity index (χ1n) is 10.3. The van der Waals surface area contributed by atoms with Crippen LogP contribution in [0.5, 0.6) is 5.75 Å². The van der Waals surface area contributed by atoms with Gasteiger partial charge in [0.05, 0.1) is 18.8 Å². The lowest BCUT2D eigenvalue weighted by Gasteiger charge is -2.35. The van der Waals surface area contributed by atoms with Crippen LogP contribution in [0.1, 0.15) is 32.8 Å². The first kappa shape index (κ1) is 22.2. The molecular formula is C22H36N4O2. The van der Waals surface area contributed by atoms with Gasteiger partial charge in [0.25, 0.3) is 0 Å². The Balaban J connectivity index is 1.81.